The molecule has 0 aliphatic carbocycles. The normalized spacial score (nSPS) is 13.1. The van der Waals surface area contributed by atoms with E-state index in [-0.39, 0.29) is 24.5 Å². The summed E-state index contributed by atoms with van der Waals surface area (Å²) < 4.78 is 0. The molecule has 0 heterocycles. The van der Waals surface area contributed by atoms with Crippen LogP contribution in [0.25, 0.3) is 0 Å². The van der Waals surface area contributed by atoms with Gasteiger partial charge in [-0.3, -0.25) is 4.79 Å². The number of nitrogens with zero attached hydrogens (tertiary/aromatic N) is 1. The van der Waals surface area contributed by atoms with Crippen LogP contribution in [0.4, 0.5) is 0 Å². The fraction of sp³-hybridized carbons (Fsp3) is 0.889. The second kappa shape index (κ2) is 5.94. The maximum atomic E-state index is 11.1. The van der Waals surface area contributed by atoms with Gasteiger partial charge in [0.1, 0.15) is 0 Å². The molecule has 0 bridgehead atoms. The lowest BCUT2D eigenvalue weighted by molar-refractivity contribution is -0.127. The van der Waals surface area contributed by atoms with Crippen molar-refractivity contribution < 1.29 is 9.90 Å². The van der Waals surface area contributed by atoms with E-state index in [0.29, 0.717) is 6.54 Å². The van der Waals surface area contributed by atoms with Gasteiger partial charge in [0.05, 0.1) is 12.6 Å². The summed E-state index contributed by atoms with van der Waals surface area (Å²) in [6.45, 7) is 4.65. The Morgan fingerprint density at radius 1 is 1.46 bits per heavy atom. The Bertz CT molecular complexity index is 158. The lowest BCUT2D eigenvalue weighted by Gasteiger charge is -2.16. The van der Waals surface area contributed by atoms with Crippen LogP contribution in [0.2, 0.25) is 0 Å². The summed E-state index contributed by atoms with van der Waals surface area (Å²) >= 11 is 0. The van der Waals surface area contributed by atoms with Crippen molar-refractivity contribution in [2.45, 2.75) is 20.0 Å². The maximum absolute atomic E-state index is 11.1. The van der Waals surface area contributed by atoms with Crippen molar-refractivity contribution in [3.05, 3.63) is 0 Å². The highest BCUT2D eigenvalue weighted by atomic mass is 16.3. The zero-order valence-electron chi connectivity index (χ0n) is 8.87. The van der Waals surface area contributed by atoms with Crippen molar-refractivity contribution in [3.63, 3.8) is 0 Å². The lowest BCUT2D eigenvalue weighted by Crippen LogP contribution is -2.38. The smallest absolute Gasteiger partial charge is 0.236 e. The van der Waals surface area contributed by atoms with Gasteiger partial charge in [0, 0.05) is 20.6 Å². The highest BCUT2D eigenvalue weighted by Gasteiger charge is 2.09. The minimum absolute atomic E-state index is 0.0240. The molecule has 0 spiro atoms. The summed E-state index contributed by atoms with van der Waals surface area (Å²) in [5.74, 6) is 0.248. The number of hydrogen-bond acceptors (Lipinski definition) is 3. The Kier molecular flexibility index (Phi) is 5.66. The third kappa shape index (κ3) is 5.60. The topological polar surface area (TPSA) is 52.6 Å². The molecule has 4 heteroatoms. The average molecular weight is 188 g/mol. The van der Waals surface area contributed by atoms with Crippen LogP contribution >= 0.6 is 0 Å². The molecule has 1 atom stereocenters. The molecule has 2 N–H and O–H groups in total. The number of amides is 1. The molecular weight excluding hydrogens is 168 g/mol. The lowest BCUT2D eigenvalue weighted by atomic mass is 10.1. The van der Waals surface area contributed by atoms with Gasteiger partial charge in [-0.15, -0.1) is 0 Å². The predicted octanol–water partition coefficient (Wildman–Crippen LogP) is -0.319. The largest absolute Gasteiger partial charge is 0.392 e. The van der Waals surface area contributed by atoms with E-state index in [1.54, 1.807) is 14.1 Å². The van der Waals surface area contributed by atoms with Crippen LogP contribution in [-0.2, 0) is 4.79 Å². The molecular formula is C9H20N2O2. The number of aliphatic hydroxyl groups excluding tert-OH is 1. The van der Waals surface area contributed by atoms with Gasteiger partial charge in [0.2, 0.25) is 5.91 Å². The Labute approximate surface area is 79.9 Å². The molecule has 0 saturated carbocycles. The first kappa shape index (κ1) is 12.4. The van der Waals surface area contributed by atoms with Gasteiger partial charge in [-0.25, -0.2) is 0 Å². The van der Waals surface area contributed by atoms with E-state index in [9.17, 15) is 9.90 Å². The van der Waals surface area contributed by atoms with E-state index >= 15 is 0 Å². The standard InChI is InChI=1S/C9H20N2O2/c1-7(2)8(12)5-10-6-9(13)11(3)4/h7-8,10,12H,5-6H2,1-4H3. The van der Waals surface area contributed by atoms with Gasteiger partial charge in [0.25, 0.3) is 0 Å². The summed E-state index contributed by atoms with van der Waals surface area (Å²) in [5, 5.41) is 12.3. The van der Waals surface area contributed by atoms with Gasteiger partial charge in [-0.2, -0.15) is 0 Å². The first-order chi connectivity index (χ1) is 5.95. The fourth-order valence-corrected chi connectivity index (χ4v) is 0.721. The van der Waals surface area contributed by atoms with Gasteiger partial charge >= 0.3 is 0 Å². The summed E-state index contributed by atoms with van der Waals surface area (Å²) in [4.78, 5) is 12.6. The number of rotatable bonds is 5. The van der Waals surface area contributed by atoms with Crippen LogP contribution < -0.4 is 5.32 Å². The van der Waals surface area contributed by atoms with Crippen LogP contribution in [0.5, 0.6) is 0 Å². The number of aliphatic hydroxyl groups is 1. The SMILES string of the molecule is CC(C)C(O)CNCC(=O)N(C)C. The molecule has 13 heavy (non-hydrogen) atoms. The molecule has 1 unspecified atom stereocenters. The maximum Gasteiger partial charge on any atom is 0.236 e. The Morgan fingerprint density at radius 2 is 2.00 bits per heavy atom. The molecule has 78 valence electrons. The van der Waals surface area contributed by atoms with Crippen LogP contribution in [-0.4, -0.2) is 49.2 Å². The van der Waals surface area contributed by atoms with Crippen LogP contribution in [0.15, 0.2) is 0 Å². The highest BCUT2D eigenvalue weighted by Crippen LogP contribution is 1.98. The third-order valence-corrected chi connectivity index (χ3v) is 1.90. The second-order valence-corrected chi connectivity index (χ2v) is 3.73. The summed E-state index contributed by atoms with van der Waals surface area (Å²) in [6, 6.07) is 0. The Morgan fingerprint density at radius 3 is 2.38 bits per heavy atom. The fourth-order valence-electron chi connectivity index (χ4n) is 0.721. The van der Waals surface area contributed by atoms with E-state index in [0.717, 1.165) is 0 Å². The number of likely N-dealkylation sites (N-methyl/N-ethyl adjacent to an activating group) is 1. The van der Waals surface area contributed by atoms with Crippen molar-refractivity contribution in [2.24, 2.45) is 5.92 Å². The minimum Gasteiger partial charge on any atom is -0.392 e. The van der Waals surface area contributed by atoms with Gasteiger partial charge < -0.3 is 15.3 Å². The zero-order chi connectivity index (χ0) is 10.4. The van der Waals surface area contributed by atoms with Crippen molar-refractivity contribution in [3.8, 4) is 0 Å². The van der Waals surface area contributed by atoms with Gasteiger partial charge in [-0.05, 0) is 5.92 Å². The van der Waals surface area contributed by atoms with Crippen molar-refractivity contribution in [1.29, 1.82) is 0 Å². The van der Waals surface area contributed by atoms with E-state index < -0.39 is 0 Å². The van der Waals surface area contributed by atoms with Crippen molar-refractivity contribution >= 4 is 5.91 Å². The quantitative estimate of drug-likeness (QED) is 0.622. The summed E-state index contributed by atoms with van der Waals surface area (Å²) in [5.41, 5.74) is 0. The summed E-state index contributed by atoms with van der Waals surface area (Å²) in [6.07, 6.45) is -0.380. The Hall–Kier alpha value is -0.610. The zero-order valence-corrected chi connectivity index (χ0v) is 8.87. The average Bonchev–Trinajstić information content (AvgIpc) is 2.03. The molecule has 0 aromatic rings. The monoisotopic (exact) mass is 188 g/mol. The predicted molar refractivity (Wildman–Crippen MR) is 52.4 cm³/mol. The number of hydrogen-bond donors (Lipinski definition) is 2. The number of carbonyl (C=O) groups is 1. The molecule has 0 rings (SSSR count). The van der Waals surface area contributed by atoms with Crippen LogP contribution in [0, 0.1) is 5.92 Å². The molecule has 0 aromatic carbocycles. The molecule has 0 radical (unpaired) electrons. The molecule has 1 amide bonds. The highest BCUT2D eigenvalue weighted by molar-refractivity contribution is 5.77. The molecule has 0 aliphatic rings. The van der Waals surface area contributed by atoms with Crippen molar-refractivity contribution in [1.82, 2.24) is 10.2 Å². The van der Waals surface area contributed by atoms with E-state index in [1.807, 2.05) is 13.8 Å². The first-order valence-electron chi connectivity index (χ1n) is 4.54. The van der Waals surface area contributed by atoms with Gasteiger partial charge in [-0.1, -0.05) is 13.8 Å². The molecule has 4 nitrogen and oxygen atoms in total. The molecule has 0 fully saturated rings. The molecule has 0 saturated heterocycles. The van der Waals surface area contributed by atoms with Crippen LogP contribution in [0.3, 0.4) is 0 Å². The second-order valence-electron chi connectivity index (χ2n) is 3.73. The first-order valence-corrected chi connectivity index (χ1v) is 4.54. The summed E-state index contributed by atoms with van der Waals surface area (Å²) in [7, 11) is 3.42. The van der Waals surface area contributed by atoms with E-state index in [2.05, 4.69) is 5.32 Å². The van der Waals surface area contributed by atoms with E-state index in [4.69, 9.17) is 0 Å². The Balaban J connectivity index is 3.51. The third-order valence-electron chi connectivity index (χ3n) is 1.90. The number of nitrogens with one attached hydrogen (secondary N) is 1. The molecule has 0 aliphatic heterocycles. The van der Waals surface area contributed by atoms with Gasteiger partial charge in [0.15, 0.2) is 0 Å². The molecule has 0 aromatic heterocycles. The van der Waals surface area contributed by atoms with Crippen molar-refractivity contribution in [2.75, 3.05) is 27.2 Å². The van der Waals surface area contributed by atoms with Crippen LogP contribution in [0.1, 0.15) is 13.8 Å². The minimum atomic E-state index is -0.380. The van der Waals surface area contributed by atoms with E-state index in [1.165, 1.54) is 4.90 Å². The number of carbonyl (C=O) groups excluding carboxylic acids is 1.